The number of carboxylic acids is 1. The molecular formula is C17H18N2O2S. The summed E-state index contributed by atoms with van der Waals surface area (Å²) in [4.78, 5) is 15.8. The molecule has 22 heavy (non-hydrogen) atoms. The van der Waals surface area contributed by atoms with Crippen molar-refractivity contribution in [2.75, 3.05) is 0 Å². The van der Waals surface area contributed by atoms with Crippen LogP contribution in [0.5, 0.6) is 0 Å². The Morgan fingerprint density at radius 1 is 1.32 bits per heavy atom. The van der Waals surface area contributed by atoms with Crippen LogP contribution >= 0.6 is 11.3 Å². The minimum Gasteiger partial charge on any atom is -0.476 e. The molecule has 0 bridgehead atoms. The van der Waals surface area contributed by atoms with Crippen molar-refractivity contribution in [3.8, 4) is 11.3 Å². The first-order valence-corrected chi connectivity index (χ1v) is 8.11. The summed E-state index contributed by atoms with van der Waals surface area (Å²) in [6.45, 7) is 6.66. The van der Waals surface area contributed by atoms with Gasteiger partial charge in [0.2, 0.25) is 0 Å². The van der Waals surface area contributed by atoms with Gasteiger partial charge in [0.1, 0.15) is 0 Å². The predicted octanol–water partition coefficient (Wildman–Crippen LogP) is 4.45. The smallest absolute Gasteiger partial charge is 0.356 e. The van der Waals surface area contributed by atoms with E-state index in [1.807, 2.05) is 9.78 Å². The highest BCUT2D eigenvalue weighted by Crippen LogP contribution is 2.31. The van der Waals surface area contributed by atoms with Crippen LogP contribution in [0.2, 0.25) is 0 Å². The van der Waals surface area contributed by atoms with Crippen molar-refractivity contribution in [1.82, 2.24) is 9.38 Å². The Balaban J connectivity index is 2.02. The van der Waals surface area contributed by atoms with Crippen molar-refractivity contribution >= 4 is 22.3 Å². The molecule has 0 atom stereocenters. The molecule has 3 aromatic rings. The van der Waals surface area contributed by atoms with Gasteiger partial charge >= 0.3 is 5.97 Å². The highest BCUT2D eigenvalue weighted by Gasteiger charge is 2.18. The van der Waals surface area contributed by atoms with E-state index in [-0.39, 0.29) is 11.1 Å². The molecule has 114 valence electrons. The third-order valence-corrected chi connectivity index (χ3v) is 5.11. The number of rotatable bonds is 4. The van der Waals surface area contributed by atoms with Crippen LogP contribution in [-0.2, 0) is 5.41 Å². The van der Waals surface area contributed by atoms with Gasteiger partial charge in [0.25, 0.3) is 0 Å². The van der Waals surface area contributed by atoms with Gasteiger partial charge in [0, 0.05) is 11.6 Å². The van der Waals surface area contributed by atoms with Gasteiger partial charge in [-0.05, 0) is 23.0 Å². The second kappa shape index (κ2) is 5.25. The average Bonchev–Trinajstić information content (AvgIpc) is 3.07. The molecule has 0 fully saturated rings. The van der Waals surface area contributed by atoms with Gasteiger partial charge in [0.15, 0.2) is 10.7 Å². The van der Waals surface area contributed by atoms with E-state index in [0.29, 0.717) is 4.96 Å². The molecule has 1 aromatic carbocycles. The van der Waals surface area contributed by atoms with Crippen molar-refractivity contribution in [2.24, 2.45) is 0 Å². The van der Waals surface area contributed by atoms with Gasteiger partial charge in [-0.3, -0.25) is 4.40 Å². The molecule has 0 saturated heterocycles. The lowest BCUT2D eigenvalue weighted by Gasteiger charge is -2.23. The first kappa shape index (κ1) is 14.8. The Morgan fingerprint density at radius 2 is 2.00 bits per heavy atom. The van der Waals surface area contributed by atoms with Crippen LogP contribution in [-0.4, -0.2) is 20.5 Å². The van der Waals surface area contributed by atoms with Gasteiger partial charge in [0.05, 0.1) is 5.69 Å². The normalized spacial score (nSPS) is 12.0. The molecule has 2 heterocycles. The van der Waals surface area contributed by atoms with Crippen molar-refractivity contribution in [1.29, 1.82) is 0 Å². The van der Waals surface area contributed by atoms with Gasteiger partial charge in [-0.25, -0.2) is 9.78 Å². The molecule has 0 aliphatic rings. The summed E-state index contributed by atoms with van der Waals surface area (Å²) in [7, 11) is 0. The van der Waals surface area contributed by atoms with E-state index in [4.69, 9.17) is 5.11 Å². The number of carbonyl (C=O) groups is 1. The minimum absolute atomic E-state index is 0.0804. The van der Waals surface area contributed by atoms with Crippen LogP contribution in [0.15, 0.2) is 35.8 Å². The standard InChI is InChI=1S/C17H18N2O2S/c1-4-17(2,3)12-7-5-11(6-8-12)14-10-22-16-18-13(15(20)21)9-19(14)16/h5-10H,4H2,1-3H3,(H,20,21). The summed E-state index contributed by atoms with van der Waals surface area (Å²) < 4.78 is 1.84. The fourth-order valence-electron chi connectivity index (χ4n) is 2.39. The van der Waals surface area contributed by atoms with Crippen LogP contribution in [0, 0.1) is 0 Å². The van der Waals surface area contributed by atoms with Crippen LogP contribution in [0.25, 0.3) is 16.2 Å². The summed E-state index contributed by atoms with van der Waals surface area (Å²) in [5.74, 6) is -0.998. The molecule has 0 spiro atoms. The second-order valence-electron chi connectivity index (χ2n) is 6.02. The first-order chi connectivity index (χ1) is 10.4. The van der Waals surface area contributed by atoms with Gasteiger partial charge in [-0.2, -0.15) is 0 Å². The van der Waals surface area contributed by atoms with Crippen LogP contribution in [0.1, 0.15) is 43.2 Å². The number of hydrogen-bond donors (Lipinski definition) is 1. The number of fused-ring (bicyclic) bond motifs is 1. The van der Waals surface area contributed by atoms with Gasteiger partial charge in [-0.15, -0.1) is 11.3 Å². The van der Waals surface area contributed by atoms with Crippen LogP contribution < -0.4 is 0 Å². The maximum absolute atomic E-state index is 11.0. The van der Waals surface area contributed by atoms with Gasteiger partial charge in [-0.1, -0.05) is 45.0 Å². The molecule has 0 unspecified atom stereocenters. The van der Waals surface area contributed by atoms with Crippen molar-refractivity contribution in [3.05, 3.63) is 47.1 Å². The molecular weight excluding hydrogens is 296 g/mol. The Bertz CT molecular complexity index is 828. The number of aromatic nitrogens is 2. The maximum Gasteiger partial charge on any atom is 0.356 e. The van der Waals surface area contributed by atoms with E-state index in [1.54, 1.807) is 6.20 Å². The molecule has 0 aliphatic heterocycles. The number of thiazole rings is 1. The fraction of sp³-hybridized carbons (Fsp3) is 0.294. The lowest BCUT2D eigenvalue weighted by Crippen LogP contribution is -2.14. The summed E-state index contributed by atoms with van der Waals surface area (Å²) in [5, 5.41) is 11.1. The first-order valence-electron chi connectivity index (χ1n) is 7.23. The molecule has 3 rings (SSSR count). The van der Waals surface area contributed by atoms with Crippen molar-refractivity contribution in [3.63, 3.8) is 0 Å². The van der Waals surface area contributed by atoms with E-state index in [2.05, 4.69) is 50.0 Å². The van der Waals surface area contributed by atoms with E-state index in [0.717, 1.165) is 17.7 Å². The zero-order valence-electron chi connectivity index (χ0n) is 12.8. The second-order valence-corrected chi connectivity index (χ2v) is 6.86. The zero-order valence-corrected chi connectivity index (χ0v) is 13.6. The molecule has 1 N–H and O–H groups in total. The highest BCUT2D eigenvalue weighted by atomic mass is 32.1. The summed E-state index contributed by atoms with van der Waals surface area (Å²) >= 11 is 1.45. The number of hydrogen-bond acceptors (Lipinski definition) is 3. The van der Waals surface area contributed by atoms with Crippen molar-refractivity contribution < 1.29 is 9.90 Å². The molecule has 4 nitrogen and oxygen atoms in total. The monoisotopic (exact) mass is 314 g/mol. The lowest BCUT2D eigenvalue weighted by atomic mass is 9.82. The van der Waals surface area contributed by atoms with Crippen LogP contribution in [0.4, 0.5) is 0 Å². The number of imidazole rings is 1. The number of nitrogens with zero attached hydrogens (tertiary/aromatic N) is 2. The number of carboxylic acid groups (broad SMARTS) is 1. The Kier molecular flexibility index (Phi) is 3.53. The lowest BCUT2D eigenvalue weighted by molar-refractivity contribution is 0.0691. The van der Waals surface area contributed by atoms with Gasteiger partial charge < -0.3 is 5.11 Å². The van der Waals surface area contributed by atoms with E-state index in [9.17, 15) is 4.79 Å². The average molecular weight is 314 g/mol. The quantitative estimate of drug-likeness (QED) is 0.774. The third kappa shape index (κ3) is 2.41. The van der Waals surface area contributed by atoms with E-state index >= 15 is 0 Å². The maximum atomic E-state index is 11.0. The molecule has 0 aliphatic carbocycles. The Labute approximate surface area is 133 Å². The number of aromatic carboxylic acids is 1. The molecule has 2 aromatic heterocycles. The van der Waals surface area contributed by atoms with E-state index < -0.39 is 5.97 Å². The zero-order chi connectivity index (χ0) is 15.9. The fourth-order valence-corrected chi connectivity index (χ4v) is 3.27. The molecule has 5 heteroatoms. The molecule has 0 radical (unpaired) electrons. The summed E-state index contributed by atoms with van der Waals surface area (Å²) in [6, 6.07) is 8.48. The van der Waals surface area contributed by atoms with Crippen molar-refractivity contribution in [2.45, 2.75) is 32.6 Å². The predicted molar refractivity (Wildman–Crippen MR) is 88.8 cm³/mol. The van der Waals surface area contributed by atoms with E-state index in [1.165, 1.54) is 16.9 Å². The summed E-state index contributed by atoms with van der Waals surface area (Å²) in [6.07, 6.45) is 2.66. The Hall–Kier alpha value is -2.14. The number of benzene rings is 1. The Morgan fingerprint density at radius 3 is 2.59 bits per heavy atom. The largest absolute Gasteiger partial charge is 0.476 e. The highest BCUT2D eigenvalue weighted by molar-refractivity contribution is 7.15. The summed E-state index contributed by atoms with van der Waals surface area (Å²) in [5.41, 5.74) is 3.59. The molecule has 0 amide bonds. The van der Waals surface area contributed by atoms with Crippen LogP contribution in [0.3, 0.4) is 0 Å². The topological polar surface area (TPSA) is 54.6 Å². The minimum atomic E-state index is -0.998. The molecule has 0 saturated carbocycles. The SMILES string of the molecule is CCC(C)(C)c1ccc(-c2csc3nc(C(=O)O)cn23)cc1. The third-order valence-electron chi connectivity index (χ3n) is 4.27.